The number of nitrogens with zero attached hydrogens (tertiary/aromatic N) is 2. The Hall–Kier alpha value is -2.64. The summed E-state index contributed by atoms with van der Waals surface area (Å²) in [5.74, 6) is -0.0696. The topological polar surface area (TPSA) is 84.2 Å². The van der Waals surface area contributed by atoms with Gasteiger partial charge in [-0.1, -0.05) is 54.2 Å². The van der Waals surface area contributed by atoms with Gasteiger partial charge in [-0.15, -0.1) is 0 Å². The second-order valence-electron chi connectivity index (χ2n) is 7.14. The Bertz CT molecular complexity index is 1060. The van der Waals surface area contributed by atoms with Crippen LogP contribution in [0.3, 0.4) is 0 Å². The van der Waals surface area contributed by atoms with E-state index in [-0.39, 0.29) is 24.1 Å². The molecule has 1 aromatic heterocycles. The predicted octanol–water partition coefficient (Wildman–Crippen LogP) is 2.89. The summed E-state index contributed by atoms with van der Waals surface area (Å²) in [6.45, 7) is 0.328. The van der Waals surface area contributed by atoms with Crippen LogP contribution < -0.4 is 10.9 Å². The molecule has 1 heterocycles. The summed E-state index contributed by atoms with van der Waals surface area (Å²) >= 11 is 1.28. The molecule has 29 heavy (non-hydrogen) atoms. The largest absolute Gasteiger partial charge is 0.396 e. The number of aromatic nitrogens is 2. The summed E-state index contributed by atoms with van der Waals surface area (Å²) < 4.78 is 1.57. The molecular weight excluding hydrogens is 386 g/mol. The predicted molar refractivity (Wildman–Crippen MR) is 114 cm³/mol. The van der Waals surface area contributed by atoms with E-state index in [1.807, 2.05) is 42.5 Å². The lowest BCUT2D eigenvalue weighted by atomic mass is 10.1. The smallest absolute Gasteiger partial charge is 0.262 e. The van der Waals surface area contributed by atoms with Crippen molar-refractivity contribution in [2.45, 2.75) is 42.3 Å². The minimum atomic E-state index is -0.509. The highest BCUT2D eigenvalue weighted by Gasteiger charge is 2.30. The number of benzene rings is 2. The molecule has 0 aliphatic heterocycles. The number of para-hydroxylation sites is 1. The van der Waals surface area contributed by atoms with Crippen molar-refractivity contribution in [3.05, 3.63) is 70.5 Å². The maximum atomic E-state index is 13.1. The lowest BCUT2D eigenvalue weighted by Gasteiger charge is -2.19. The number of hydrogen-bond donors (Lipinski definition) is 2. The summed E-state index contributed by atoms with van der Waals surface area (Å²) in [5.41, 5.74) is 1.32. The first-order valence-electron chi connectivity index (χ1n) is 9.80. The van der Waals surface area contributed by atoms with Crippen LogP contribution >= 0.6 is 11.8 Å². The van der Waals surface area contributed by atoms with Gasteiger partial charge >= 0.3 is 0 Å². The summed E-state index contributed by atoms with van der Waals surface area (Å²) in [6.07, 6.45) is 2.46. The first-order valence-corrected chi connectivity index (χ1v) is 10.7. The quantitative estimate of drug-likeness (QED) is 0.441. The molecule has 1 saturated carbocycles. The fraction of sp³-hybridized carbons (Fsp3) is 0.318. The van der Waals surface area contributed by atoms with Crippen molar-refractivity contribution >= 4 is 28.6 Å². The number of thioether (sulfide) groups is 1. The first-order chi connectivity index (χ1) is 14.2. The lowest BCUT2D eigenvalue weighted by Crippen LogP contribution is -2.31. The van der Waals surface area contributed by atoms with E-state index >= 15 is 0 Å². The van der Waals surface area contributed by atoms with E-state index in [1.54, 1.807) is 16.7 Å². The van der Waals surface area contributed by atoms with Crippen LogP contribution in [-0.4, -0.2) is 33.2 Å². The zero-order valence-corrected chi connectivity index (χ0v) is 16.8. The van der Waals surface area contributed by atoms with E-state index in [1.165, 1.54) is 11.8 Å². The lowest BCUT2D eigenvalue weighted by molar-refractivity contribution is -0.120. The molecular formula is C22H23N3O3S. The van der Waals surface area contributed by atoms with Crippen LogP contribution in [0, 0.1) is 0 Å². The molecule has 6 nitrogen and oxygen atoms in total. The van der Waals surface area contributed by atoms with Gasteiger partial charge < -0.3 is 10.4 Å². The first kappa shape index (κ1) is 19.7. The number of amides is 1. The third-order valence-electron chi connectivity index (χ3n) is 4.85. The van der Waals surface area contributed by atoms with E-state index in [0.717, 1.165) is 18.4 Å². The van der Waals surface area contributed by atoms with Crippen LogP contribution in [0.4, 0.5) is 0 Å². The minimum absolute atomic E-state index is 0.0202. The molecule has 2 N–H and O–H groups in total. The molecule has 0 unspecified atom stereocenters. The van der Waals surface area contributed by atoms with Crippen molar-refractivity contribution in [1.29, 1.82) is 0 Å². The van der Waals surface area contributed by atoms with Crippen LogP contribution in [0.5, 0.6) is 0 Å². The molecule has 0 radical (unpaired) electrons. The highest BCUT2D eigenvalue weighted by molar-refractivity contribution is 8.00. The van der Waals surface area contributed by atoms with Crippen LogP contribution in [-0.2, 0) is 11.3 Å². The number of aliphatic hydroxyl groups is 1. The normalized spacial score (nSPS) is 14.7. The molecule has 7 heteroatoms. The van der Waals surface area contributed by atoms with Gasteiger partial charge in [0.1, 0.15) is 5.25 Å². The molecule has 3 aromatic rings. The van der Waals surface area contributed by atoms with Crippen LogP contribution in [0.2, 0.25) is 0 Å². The third-order valence-corrected chi connectivity index (χ3v) is 6.10. The molecule has 1 fully saturated rings. The Kier molecular flexibility index (Phi) is 5.97. The molecule has 1 aliphatic carbocycles. The second kappa shape index (κ2) is 8.80. The van der Waals surface area contributed by atoms with Crippen molar-refractivity contribution in [3.8, 4) is 0 Å². The summed E-state index contributed by atoms with van der Waals surface area (Å²) in [7, 11) is 0. The monoisotopic (exact) mass is 409 g/mol. The van der Waals surface area contributed by atoms with Gasteiger partial charge in [-0.05, 0) is 37.0 Å². The Morgan fingerprint density at radius 2 is 1.90 bits per heavy atom. The zero-order valence-electron chi connectivity index (χ0n) is 16.0. The molecule has 0 spiro atoms. The number of nitrogens with one attached hydrogen (secondary N) is 1. The van der Waals surface area contributed by atoms with Gasteiger partial charge in [-0.25, -0.2) is 4.98 Å². The summed E-state index contributed by atoms with van der Waals surface area (Å²) in [5, 5.41) is 12.9. The van der Waals surface area contributed by atoms with Gasteiger partial charge in [0.25, 0.3) is 5.56 Å². The van der Waals surface area contributed by atoms with E-state index in [2.05, 4.69) is 5.32 Å². The number of carbonyl (C=O) groups excluding carboxylic acids is 1. The van der Waals surface area contributed by atoms with Crippen LogP contribution in [0.15, 0.2) is 64.5 Å². The van der Waals surface area contributed by atoms with Gasteiger partial charge in [-0.2, -0.15) is 0 Å². The van der Waals surface area contributed by atoms with Gasteiger partial charge in [0.15, 0.2) is 5.16 Å². The maximum absolute atomic E-state index is 13.1. The highest BCUT2D eigenvalue weighted by atomic mass is 32.2. The average molecular weight is 410 g/mol. The van der Waals surface area contributed by atoms with Crippen molar-refractivity contribution in [1.82, 2.24) is 14.9 Å². The highest BCUT2D eigenvalue weighted by Crippen LogP contribution is 2.35. The standard InChI is InChI=1S/C22H23N3O3S/c26-14-6-13-25-21(28)17-9-4-5-10-18(17)24-22(25)29-19(15-7-2-1-3-8-15)20(27)23-16-11-12-16/h1-5,7-10,16,19,26H,6,11-14H2,(H,23,27)/t19-/m1/s1. The van der Waals surface area contributed by atoms with E-state index in [4.69, 9.17) is 4.98 Å². The van der Waals surface area contributed by atoms with Crippen molar-refractivity contribution in [2.75, 3.05) is 6.61 Å². The van der Waals surface area contributed by atoms with Gasteiger partial charge in [0.05, 0.1) is 10.9 Å². The van der Waals surface area contributed by atoms with E-state index < -0.39 is 5.25 Å². The average Bonchev–Trinajstić information content (AvgIpc) is 3.56. The maximum Gasteiger partial charge on any atom is 0.262 e. The Morgan fingerprint density at radius 3 is 2.62 bits per heavy atom. The summed E-state index contributed by atoms with van der Waals surface area (Å²) in [4.78, 5) is 30.7. The van der Waals surface area contributed by atoms with Crippen molar-refractivity contribution < 1.29 is 9.90 Å². The molecule has 150 valence electrons. The molecule has 4 rings (SSSR count). The van der Waals surface area contributed by atoms with Gasteiger partial charge in [-0.3, -0.25) is 14.2 Å². The fourth-order valence-corrected chi connectivity index (χ4v) is 4.31. The number of hydrogen-bond acceptors (Lipinski definition) is 5. The van der Waals surface area contributed by atoms with Crippen molar-refractivity contribution in [2.24, 2.45) is 0 Å². The Labute approximate surface area is 173 Å². The Morgan fingerprint density at radius 1 is 1.17 bits per heavy atom. The second-order valence-corrected chi connectivity index (χ2v) is 8.21. The molecule has 1 aliphatic rings. The fourth-order valence-electron chi connectivity index (χ4n) is 3.17. The molecule has 0 bridgehead atoms. The summed E-state index contributed by atoms with van der Waals surface area (Å²) in [6, 6.07) is 17.0. The molecule has 2 aromatic carbocycles. The van der Waals surface area contributed by atoms with E-state index in [9.17, 15) is 14.7 Å². The van der Waals surface area contributed by atoms with Gasteiger partial charge in [0, 0.05) is 19.2 Å². The van der Waals surface area contributed by atoms with Crippen molar-refractivity contribution in [3.63, 3.8) is 0 Å². The molecule has 1 atom stereocenters. The number of carbonyl (C=O) groups is 1. The third kappa shape index (κ3) is 4.52. The number of fused-ring (bicyclic) bond motifs is 1. The van der Waals surface area contributed by atoms with E-state index in [0.29, 0.717) is 29.0 Å². The Balaban J connectivity index is 1.75. The van der Waals surface area contributed by atoms with Crippen LogP contribution in [0.1, 0.15) is 30.1 Å². The SMILES string of the molecule is O=C(NC1CC1)[C@H](Sc1nc2ccccc2c(=O)n1CCCO)c1ccccc1. The minimum Gasteiger partial charge on any atom is -0.396 e. The zero-order chi connectivity index (χ0) is 20.2. The number of aliphatic hydroxyl groups excluding tert-OH is 1. The van der Waals surface area contributed by atoms with Crippen LogP contribution in [0.25, 0.3) is 10.9 Å². The number of rotatable bonds is 8. The molecule has 1 amide bonds. The molecule has 0 saturated heterocycles. The van der Waals surface area contributed by atoms with Gasteiger partial charge in [0.2, 0.25) is 5.91 Å².